The molecule has 5 heteroatoms. The SMILES string of the molecule is CC.CCOC(=O)c1cc2cc(N3CCNCC3)ccc2o1. The van der Waals surface area contributed by atoms with Crippen molar-refractivity contribution in [1.29, 1.82) is 0 Å². The molecule has 0 bridgehead atoms. The molecule has 0 unspecified atom stereocenters. The molecule has 1 saturated heterocycles. The van der Waals surface area contributed by atoms with Gasteiger partial charge in [-0.25, -0.2) is 4.79 Å². The monoisotopic (exact) mass is 304 g/mol. The third-order valence-electron chi connectivity index (χ3n) is 3.46. The van der Waals surface area contributed by atoms with Crippen LogP contribution in [0.1, 0.15) is 31.3 Å². The second-order valence-electron chi connectivity index (χ2n) is 4.79. The van der Waals surface area contributed by atoms with Crippen LogP contribution in [0.4, 0.5) is 5.69 Å². The van der Waals surface area contributed by atoms with E-state index in [1.165, 1.54) is 0 Å². The van der Waals surface area contributed by atoms with Crippen molar-refractivity contribution in [3.05, 3.63) is 30.0 Å². The van der Waals surface area contributed by atoms with Gasteiger partial charge in [0.2, 0.25) is 5.76 Å². The van der Waals surface area contributed by atoms with Gasteiger partial charge in [0.05, 0.1) is 6.61 Å². The quantitative estimate of drug-likeness (QED) is 0.883. The predicted octanol–water partition coefficient (Wildman–Crippen LogP) is 3.05. The van der Waals surface area contributed by atoms with Gasteiger partial charge in [-0.3, -0.25) is 0 Å². The molecule has 0 saturated carbocycles. The van der Waals surface area contributed by atoms with Crippen LogP contribution >= 0.6 is 0 Å². The zero-order valence-corrected chi connectivity index (χ0v) is 13.5. The van der Waals surface area contributed by atoms with E-state index >= 15 is 0 Å². The predicted molar refractivity (Wildman–Crippen MR) is 88.6 cm³/mol. The molecule has 5 nitrogen and oxygen atoms in total. The van der Waals surface area contributed by atoms with Crippen molar-refractivity contribution >= 4 is 22.6 Å². The zero-order chi connectivity index (χ0) is 15.9. The fourth-order valence-electron chi connectivity index (χ4n) is 2.45. The van der Waals surface area contributed by atoms with Gasteiger partial charge in [-0.1, -0.05) is 13.8 Å². The Bertz CT molecular complexity index is 615. The summed E-state index contributed by atoms with van der Waals surface area (Å²) < 4.78 is 10.5. The maximum absolute atomic E-state index is 11.7. The minimum atomic E-state index is -0.410. The second-order valence-corrected chi connectivity index (χ2v) is 4.79. The smallest absolute Gasteiger partial charge is 0.374 e. The zero-order valence-electron chi connectivity index (χ0n) is 13.5. The summed E-state index contributed by atoms with van der Waals surface area (Å²) in [6.07, 6.45) is 0. The van der Waals surface area contributed by atoms with Gasteiger partial charge in [0.15, 0.2) is 0 Å². The lowest BCUT2D eigenvalue weighted by Gasteiger charge is -2.29. The van der Waals surface area contributed by atoms with E-state index in [9.17, 15) is 4.79 Å². The lowest BCUT2D eigenvalue weighted by atomic mass is 10.2. The number of furan rings is 1. The van der Waals surface area contributed by atoms with Gasteiger partial charge in [-0.2, -0.15) is 0 Å². The average Bonchev–Trinajstić information content (AvgIpc) is 3.01. The fourth-order valence-corrected chi connectivity index (χ4v) is 2.45. The second kappa shape index (κ2) is 7.84. The van der Waals surface area contributed by atoms with Crippen molar-refractivity contribution in [1.82, 2.24) is 5.32 Å². The molecular formula is C17H24N2O3. The highest BCUT2D eigenvalue weighted by atomic mass is 16.5. The van der Waals surface area contributed by atoms with Gasteiger partial charge >= 0.3 is 5.97 Å². The maximum Gasteiger partial charge on any atom is 0.374 e. The maximum atomic E-state index is 11.7. The fraction of sp³-hybridized carbons (Fsp3) is 0.471. The number of hydrogen-bond donors (Lipinski definition) is 1. The number of benzene rings is 1. The summed E-state index contributed by atoms with van der Waals surface area (Å²) in [6.45, 7) is 10.1. The first-order chi connectivity index (χ1) is 10.8. The summed E-state index contributed by atoms with van der Waals surface area (Å²) in [5, 5.41) is 4.27. The molecule has 0 aliphatic carbocycles. The highest BCUT2D eigenvalue weighted by Crippen LogP contribution is 2.25. The van der Waals surface area contributed by atoms with E-state index in [1.807, 2.05) is 26.0 Å². The molecule has 1 aliphatic heterocycles. The highest BCUT2D eigenvalue weighted by Gasteiger charge is 2.15. The molecule has 0 amide bonds. The van der Waals surface area contributed by atoms with Crippen LogP contribution in [-0.2, 0) is 4.74 Å². The Kier molecular flexibility index (Phi) is 5.83. The number of nitrogens with zero attached hydrogens (tertiary/aromatic N) is 1. The molecule has 120 valence electrons. The summed E-state index contributed by atoms with van der Waals surface area (Å²) >= 11 is 0. The van der Waals surface area contributed by atoms with Crippen LogP contribution in [0.15, 0.2) is 28.7 Å². The number of nitrogens with one attached hydrogen (secondary N) is 1. The number of rotatable bonds is 3. The third-order valence-corrected chi connectivity index (χ3v) is 3.46. The molecule has 1 N–H and O–H groups in total. The Morgan fingerprint density at radius 1 is 1.27 bits per heavy atom. The third kappa shape index (κ3) is 3.60. The Balaban J connectivity index is 0.000000847. The average molecular weight is 304 g/mol. The number of hydrogen-bond acceptors (Lipinski definition) is 5. The van der Waals surface area contributed by atoms with Crippen LogP contribution in [0, 0.1) is 0 Å². The van der Waals surface area contributed by atoms with Gasteiger partial charge in [-0.15, -0.1) is 0 Å². The Morgan fingerprint density at radius 3 is 2.68 bits per heavy atom. The Morgan fingerprint density at radius 2 is 2.00 bits per heavy atom. The van der Waals surface area contributed by atoms with Crippen molar-refractivity contribution in [2.24, 2.45) is 0 Å². The van der Waals surface area contributed by atoms with E-state index in [4.69, 9.17) is 9.15 Å². The summed E-state index contributed by atoms with van der Waals surface area (Å²) in [5.74, 6) is -0.147. The number of esters is 1. The van der Waals surface area contributed by atoms with Gasteiger partial charge in [0, 0.05) is 37.3 Å². The number of anilines is 1. The van der Waals surface area contributed by atoms with Gasteiger partial charge in [0.25, 0.3) is 0 Å². The van der Waals surface area contributed by atoms with Crippen molar-refractivity contribution < 1.29 is 13.9 Å². The van der Waals surface area contributed by atoms with Crippen LogP contribution in [0.5, 0.6) is 0 Å². The molecule has 0 radical (unpaired) electrons. The van der Waals surface area contributed by atoms with Crippen molar-refractivity contribution in [2.45, 2.75) is 20.8 Å². The van der Waals surface area contributed by atoms with E-state index < -0.39 is 5.97 Å². The van der Waals surface area contributed by atoms with E-state index in [2.05, 4.69) is 16.3 Å². The molecule has 3 rings (SSSR count). The van der Waals surface area contributed by atoms with Crippen LogP contribution in [0.3, 0.4) is 0 Å². The first-order valence-corrected chi connectivity index (χ1v) is 7.94. The normalized spacial score (nSPS) is 14.4. The number of fused-ring (bicyclic) bond motifs is 1. The molecule has 2 aromatic rings. The standard InChI is InChI=1S/C15H18N2O3.C2H6/c1-2-19-15(18)14-10-11-9-12(3-4-13(11)20-14)17-7-5-16-6-8-17;1-2/h3-4,9-10,16H,2,5-8H2,1H3;1-2H3. The van der Waals surface area contributed by atoms with E-state index in [0.717, 1.165) is 37.3 Å². The van der Waals surface area contributed by atoms with Crippen molar-refractivity contribution in [3.63, 3.8) is 0 Å². The van der Waals surface area contributed by atoms with Gasteiger partial charge in [-0.05, 0) is 31.2 Å². The minimum absolute atomic E-state index is 0.263. The van der Waals surface area contributed by atoms with E-state index in [1.54, 1.807) is 13.0 Å². The van der Waals surface area contributed by atoms with Gasteiger partial charge < -0.3 is 19.4 Å². The number of carbonyl (C=O) groups is 1. The van der Waals surface area contributed by atoms with Crippen LogP contribution in [0.2, 0.25) is 0 Å². The van der Waals surface area contributed by atoms with Gasteiger partial charge in [0.1, 0.15) is 5.58 Å². The van der Waals surface area contributed by atoms with Crippen LogP contribution in [0.25, 0.3) is 11.0 Å². The number of piperazine rings is 1. The topological polar surface area (TPSA) is 54.7 Å². The summed E-state index contributed by atoms with van der Waals surface area (Å²) in [4.78, 5) is 14.0. The first-order valence-electron chi connectivity index (χ1n) is 7.94. The lowest BCUT2D eigenvalue weighted by molar-refractivity contribution is 0.0492. The van der Waals surface area contributed by atoms with Crippen molar-refractivity contribution in [3.8, 4) is 0 Å². The minimum Gasteiger partial charge on any atom is -0.460 e. The molecule has 0 spiro atoms. The highest BCUT2D eigenvalue weighted by molar-refractivity contribution is 5.93. The Labute approximate surface area is 131 Å². The molecular weight excluding hydrogens is 280 g/mol. The molecule has 1 aliphatic rings. The van der Waals surface area contributed by atoms with E-state index in [-0.39, 0.29) is 5.76 Å². The first kappa shape index (κ1) is 16.4. The molecule has 1 fully saturated rings. The lowest BCUT2D eigenvalue weighted by Crippen LogP contribution is -2.43. The Hall–Kier alpha value is -2.01. The summed E-state index contributed by atoms with van der Waals surface area (Å²) in [6, 6.07) is 7.76. The molecule has 1 aromatic heterocycles. The largest absolute Gasteiger partial charge is 0.460 e. The molecule has 1 aromatic carbocycles. The van der Waals surface area contributed by atoms with Crippen LogP contribution in [-0.4, -0.2) is 38.8 Å². The summed E-state index contributed by atoms with van der Waals surface area (Å²) in [7, 11) is 0. The molecule has 0 atom stereocenters. The number of ether oxygens (including phenoxy) is 1. The molecule has 22 heavy (non-hydrogen) atoms. The molecule has 2 heterocycles. The van der Waals surface area contributed by atoms with E-state index in [0.29, 0.717) is 12.2 Å². The van der Waals surface area contributed by atoms with Crippen LogP contribution < -0.4 is 10.2 Å². The summed E-state index contributed by atoms with van der Waals surface area (Å²) in [5.41, 5.74) is 1.88. The van der Waals surface area contributed by atoms with Crippen molar-refractivity contribution in [2.75, 3.05) is 37.7 Å². The number of carbonyl (C=O) groups excluding carboxylic acids is 1.